The van der Waals surface area contributed by atoms with Gasteiger partial charge in [0.05, 0.1) is 5.52 Å². The van der Waals surface area contributed by atoms with Gasteiger partial charge in [-0.3, -0.25) is 0 Å². The number of fused-ring (bicyclic) bond motifs is 1. The highest BCUT2D eigenvalue weighted by Crippen LogP contribution is 2.32. The number of benzene rings is 1. The van der Waals surface area contributed by atoms with Crippen LogP contribution in [0.5, 0.6) is 0 Å². The third-order valence-corrected chi connectivity index (χ3v) is 3.26. The van der Waals surface area contributed by atoms with Crippen molar-refractivity contribution in [2.24, 2.45) is 0 Å². The van der Waals surface area contributed by atoms with Gasteiger partial charge in [0.15, 0.2) is 0 Å². The topological polar surface area (TPSA) is 24.9 Å². The quantitative estimate of drug-likeness (QED) is 0.865. The summed E-state index contributed by atoms with van der Waals surface area (Å²) >= 11 is 0. The number of halogens is 1. The van der Waals surface area contributed by atoms with Crippen molar-refractivity contribution >= 4 is 16.7 Å². The van der Waals surface area contributed by atoms with Crippen molar-refractivity contribution in [3.05, 3.63) is 35.1 Å². The zero-order valence-corrected chi connectivity index (χ0v) is 12.3. The number of anilines is 1. The van der Waals surface area contributed by atoms with Gasteiger partial charge in [0, 0.05) is 23.6 Å². The van der Waals surface area contributed by atoms with E-state index < -0.39 is 0 Å². The van der Waals surface area contributed by atoms with Gasteiger partial charge in [0.1, 0.15) is 11.6 Å². The number of hydrogen-bond acceptors (Lipinski definition) is 2. The maximum absolute atomic E-state index is 13.5. The number of rotatable bonds is 2. The van der Waals surface area contributed by atoms with Gasteiger partial charge in [-0.2, -0.15) is 0 Å². The SMILES string of the molecule is CCNc1nc2cc(F)cc(C)c2cc1C(C)(C)C. The molecule has 1 aromatic carbocycles. The lowest BCUT2D eigenvalue weighted by molar-refractivity contribution is 0.590. The Morgan fingerprint density at radius 1 is 1.21 bits per heavy atom. The van der Waals surface area contributed by atoms with Gasteiger partial charge in [0.25, 0.3) is 0 Å². The first kappa shape index (κ1) is 13.8. The van der Waals surface area contributed by atoms with Crippen LogP contribution in [0, 0.1) is 12.7 Å². The average molecular weight is 260 g/mol. The Balaban J connectivity index is 2.76. The summed E-state index contributed by atoms with van der Waals surface area (Å²) in [7, 11) is 0. The number of aryl methyl sites for hydroxylation is 1. The van der Waals surface area contributed by atoms with E-state index in [1.807, 2.05) is 13.8 Å². The summed E-state index contributed by atoms with van der Waals surface area (Å²) in [5.41, 5.74) is 2.80. The second-order valence-corrected chi connectivity index (χ2v) is 5.95. The van der Waals surface area contributed by atoms with E-state index in [0.717, 1.165) is 28.9 Å². The van der Waals surface area contributed by atoms with Crippen LogP contribution in [0.15, 0.2) is 18.2 Å². The largest absolute Gasteiger partial charge is 0.370 e. The summed E-state index contributed by atoms with van der Waals surface area (Å²) in [5.74, 6) is 0.621. The number of nitrogens with zero attached hydrogens (tertiary/aromatic N) is 1. The van der Waals surface area contributed by atoms with Crippen LogP contribution in [0.3, 0.4) is 0 Å². The first-order valence-electron chi connectivity index (χ1n) is 6.68. The second-order valence-electron chi connectivity index (χ2n) is 5.95. The molecule has 1 heterocycles. The van der Waals surface area contributed by atoms with Crippen molar-refractivity contribution < 1.29 is 4.39 Å². The van der Waals surface area contributed by atoms with Gasteiger partial charge in [-0.25, -0.2) is 9.37 Å². The third-order valence-electron chi connectivity index (χ3n) is 3.26. The van der Waals surface area contributed by atoms with Crippen LogP contribution >= 0.6 is 0 Å². The molecule has 0 radical (unpaired) electrons. The Kier molecular flexibility index (Phi) is 3.48. The molecule has 0 atom stereocenters. The molecule has 1 N–H and O–H groups in total. The molecule has 102 valence electrons. The standard InChI is InChI=1S/C16H21FN2/c1-6-18-15-13(16(3,4)5)9-12-10(2)7-11(17)8-14(12)19-15/h7-9H,6H2,1-5H3,(H,18,19). The molecule has 0 aliphatic carbocycles. The van der Waals surface area contributed by atoms with Gasteiger partial charge in [-0.05, 0) is 37.0 Å². The molecule has 3 heteroatoms. The van der Waals surface area contributed by atoms with Crippen LogP contribution in [0.2, 0.25) is 0 Å². The lowest BCUT2D eigenvalue weighted by atomic mass is 9.86. The lowest BCUT2D eigenvalue weighted by Crippen LogP contribution is -2.16. The molecular weight excluding hydrogens is 239 g/mol. The highest BCUT2D eigenvalue weighted by atomic mass is 19.1. The Hall–Kier alpha value is -1.64. The molecule has 2 nitrogen and oxygen atoms in total. The fourth-order valence-corrected chi connectivity index (χ4v) is 2.28. The molecule has 0 saturated carbocycles. The van der Waals surface area contributed by atoms with Crippen LogP contribution < -0.4 is 5.32 Å². The highest BCUT2D eigenvalue weighted by molar-refractivity contribution is 5.85. The van der Waals surface area contributed by atoms with Gasteiger partial charge in [-0.15, -0.1) is 0 Å². The van der Waals surface area contributed by atoms with Crippen molar-refractivity contribution in [3.63, 3.8) is 0 Å². The number of pyridine rings is 1. The second kappa shape index (κ2) is 4.80. The van der Waals surface area contributed by atoms with E-state index in [4.69, 9.17) is 0 Å². The summed E-state index contributed by atoms with van der Waals surface area (Å²) in [5, 5.41) is 4.30. The van der Waals surface area contributed by atoms with Crippen molar-refractivity contribution in [3.8, 4) is 0 Å². The molecule has 0 aliphatic heterocycles. The van der Waals surface area contributed by atoms with Crippen LogP contribution in [-0.4, -0.2) is 11.5 Å². The molecule has 1 aromatic heterocycles. The molecule has 0 bridgehead atoms. The third kappa shape index (κ3) is 2.70. The molecule has 0 spiro atoms. The van der Waals surface area contributed by atoms with Crippen molar-refractivity contribution in [2.75, 3.05) is 11.9 Å². The summed E-state index contributed by atoms with van der Waals surface area (Å²) in [6, 6.07) is 5.19. The van der Waals surface area contributed by atoms with Gasteiger partial charge >= 0.3 is 0 Å². The molecule has 0 fully saturated rings. The summed E-state index contributed by atoms with van der Waals surface area (Å²) in [6.07, 6.45) is 0. The smallest absolute Gasteiger partial charge is 0.130 e. The van der Waals surface area contributed by atoms with E-state index in [9.17, 15) is 4.39 Å². The highest BCUT2D eigenvalue weighted by Gasteiger charge is 2.20. The van der Waals surface area contributed by atoms with E-state index in [2.05, 4.69) is 37.1 Å². The maximum atomic E-state index is 13.5. The lowest BCUT2D eigenvalue weighted by Gasteiger charge is -2.23. The predicted octanol–water partition coefficient (Wildman–Crippen LogP) is 4.41. The van der Waals surface area contributed by atoms with Crippen LogP contribution in [0.25, 0.3) is 10.9 Å². The summed E-state index contributed by atoms with van der Waals surface area (Å²) in [6.45, 7) is 11.2. The molecule has 0 saturated heterocycles. The zero-order chi connectivity index (χ0) is 14.2. The molecule has 0 unspecified atom stereocenters. The normalized spacial score (nSPS) is 11.9. The Morgan fingerprint density at radius 3 is 2.47 bits per heavy atom. The van der Waals surface area contributed by atoms with E-state index >= 15 is 0 Å². The zero-order valence-electron chi connectivity index (χ0n) is 12.3. The predicted molar refractivity (Wildman–Crippen MR) is 79.3 cm³/mol. The first-order valence-corrected chi connectivity index (χ1v) is 6.68. The van der Waals surface area contributed by atoms with E-state index in [0.29, 0.717) is 5.52 Å². The molecule has 2 rings (SSSR count). The Labute approximate surface area is 114 Å². The number of hydrogen-bond donors (Lipinski definition) is 1. The van der Waals surface area contributed by atoms with Crippen molar-refractivity contribution in [2.45, 2.75) is 40.0 Å². The fourth-order valence-electron chi connectivity index (χ4n) is 2.28. The minimum Gasteiger partial charge on any atom is -0.370 e. The molecular formula is C16H21FN2. The minimum atomic E-state index is -0.233. The molecule has 2 aromatic rings. The Bertz CT molecular complexity index is 612. The van der Waals surface area contributed by atoms with Crippen molar-refractivity contribution in [1.29, 1.82) is 0 Å². The maximum Gasteiger partial charge on any atom is 0.130 e. The molecule has 0 aliphatic rings. The first-order chi connectivity index (χ1) is 8.82. The summed E-state index contributed by atoms with van der Waals surface area (Å²) in [4.78, 5) is 4.60. The van der Waals surface area contributed by atoms with Gasteiger partial charge < -0.3 is 5.32 Å². The molecule has 19 heavy (non-hydrogen) atoms. The average Bonchev–Trinajstić information content (AvgIpc) is 2.26. The van der Waals surface area contributed by atoms with Crippen LogP contribution in [-0.2, 0) is 5.41 Å². The van der Waals surface area contributed by atoms with Crippen LogP contribution in [0.1, 0.15) is 38.8 Å². The van der Waals surface area contributed by atoms with Crippen LogP contribution in [0.4, 0.5) is 10.2 Å². The van der Waals surface area contributed by atoms with E-state index in [1.54, 1.807) is 6.07 Å². The van der Waals surface area contributed by atoms with Gasteiger partial charge in [0.2, 0.25) is 0 Å². The minimum absolute atomic E-state index is 0.000477. The van der Waals surface area contributed by atoms with E-state index in [1.165, 1.54) is 6.07 Å². The number of aromatic nitrogens is 1. The van der Waals surface area contributed by atoms with Crippen molar-refractivity contribution in [1.82, 2.24) is 4.98 Å². The van der Waals surface area contributed by atoms with Gasteiger partial charge in [-0.1, -0.05) is 20.8 Å². The monoisotopic (exact) mass is 260 g/mol. The fraction of sp³-hybridized carbons (Fsp3) is 0.438. The molecule has 0 amide bonds. The van der Waals surface area contributed by atoms with E-state index in [-0.39, 0.29) is 11.2 Å². The Morgan fingerprint density at radius 2 is 1.89 bits per heavy atom. The number of nitrogens with one attached hydrogen (secondary N) is 1. The summed E-state index contributed by atoms with van der Waals surface area (Å²) < 4.78 is 13.5.